The highest BCUT2D eigenvalue weighted by Gasteiger charge is 2.52. The number of piperidine rings is 1. The lowest BCUT2D eigenvalue weighted by Gasteiger charge is -2.50. The van der Waals surface area contributed by atoms with Crippen LogP contribution < -0.4 is 5.32 Å². The molecule has 1 saturated heterocycles. The topological polar surface area (TPSA) is 49.4 Å². The van der Waals surface area contributed by atoms with Gasteiger partial charge in [0.2, 0.25) is 11.8 Å². The van der Waals surface area contributed by atoms with Crippen LogP contribution >= 0.6 is 0 Å². The predicted octanol–water partition coefficient (Wildman–Crippen LogP) is 3.61. The number of likely N-dealkylation sites (tertiary alicyclic amines) is 1. The van der Waals surface area contributed by atoms with Gasteiger partial charge in [0.1, 0.15) is 0 Å². The maximum absolute atomic E-state index is 13.1. The number of hydrogen-bond acceptors (Lipinski definition) is 2. The van der Waals surface area contributed by atoms with Gasteiger partial charge >= 0.3 is 0 Å². The van der Waals surface area contributed by atoms with Gasteiger partial charge in [0.15, 0.2) is 0 Å². The van der Waals surface area contributed by atoms with Crippen molar-refractivity contribution in [3.05, 3.63) is 35.4 Å². The predicted molar refractivity (Wildman–Crippen MR) is 99.1 cm³/mol. The van der Waals surface area contributed by atoms with Crippen LogP contribution in [0.4, 0.5) is 0 Å². The number of nitrogens with one attached hydrogen (secondary N) is 1. The lowest BCUT2D eigenvalue weighted by atomic mass is 9.64. The number of amides is 2. The molecule has 0 unspecified atom stereocenters. The molecular formula is C21H30N2O2. The summed E-state index contributed by atoms with van der Waals surface area (Å²) in [6.07, 6.45) is 5.21. The van der Waals surface area contributed by atoms with E-state index in [0.717, 1.165) is 31.2 Å². The van der Waals surface area contributed by atoms with Gasteiger partial charge in [-0.3, -0.25) is 9.59 Å². The average molecular weight is 342 g/mol. The molecule has 4 heteroatoms. The molecule has 1 aliphatic carbocycles. The fourth-order valence-electron chi connectivity index (χ4n) is 4.51. The molecule has 0 radical (unpaired) electrons. The van der Waals surface area contributed by atoms with Gasteiger partial charge in [-0.15, -0.1) is 0 Å². The summed E-state index contributed by atoms with van der Waals surface area (Å²) in [7, 11) is 1.87. The largest absolute Gasteiger partial charge is 0.351 e. The van der Waals surface area contributed by atoms with Gasteiger partial charge in [-0.1, -0.05) is 51.0 Å². The molecule has 0 aromatic heterocycles. The van der Waals surface area contributed by atoms with Crippen molar-refractivity contribution in [3.63, 3.8) is 0 Å². The van der Waals surface area contributed by atoms with E-state index in [4.69, 9.17) is 0 Å². The molecule has 1 aliphatic heterocycles. The van der Waals surface area contributed by atoms with Crippen LogP contribution in [0.15, 0.2) is 24.3 Å². The highest BCUT2D eigenvalue weighted by atomic mass is 16.2. The molecule has 2 aliphatic rings. The first-order valence-corrected chi connectivity index (χ1v) is 9.57. The summed E-state index contributed by atoms with van der Waals surface area (Å²) in [6.45, 7) is 4.92. The molecule has 1 aromatic rings. The smallest absolute Gasteiger partial charge is 0.228 e. The van der Waals surface area contributed by atoms with Crippen molar-refractivity contribution < 1.29 is 9.59 Å². The number of benzene rings is 1. The Morgan fingerprint density at radius 2 is 1.96 bits per heavy atom. The second-order valence-corrected chi connectivity index (χ2v) is 8.00. The second kappa shape index (κ2) is 7.19. The monoisotopic (exact) mass is 342 g/mol. The van der Waals surface area contributed by atoms with Gasteiger partial charge in [0.25, 0.3) is 0 Å². The minimum atomic E-state index is -0.390. The molecule has 3 rings (SSSR count). The van der Waals surface area contributed by atoms with Gasteiger partial charge in [-0.2, -0.15) is 0 Å². The van der Waals surface area contributed by atoms with Crippen LogP contribution in [0.1, 0.15) is 69.4 Å². The van der Waals surface area contributed by atoms with E-state index in [-0.39, 0.29) is 17.9 Å². The SMILES string of the molecule is CC(C)c1ccc(CNC(=O)[C@@]23CCCC[C@H]2N(C)C(=O)CC3)cc1. The summed E-state index contributed by atoms with van der Waals surface area (Å²) < 4.78 is 0. The number of nitrogens with zero attached hydrogens (tertiary/aromatic N) is 1. The van der Waals surface area contributed by atoms with E-state index in [2.05, 4.69) is 43.4 Å². The standard InChI is InChI=1S/C21H30N2O2/c1-15(2)17-9-7-16(8-10-17)14-22-20(25)21-12-5-4-6-18(21)23(3)19(24)11-13-21/h7-10,15,18H,4-6,11-14H2,1-3H3,(H,22,25)/t18-,21-/m1/s1. The lowest BCUT2D eigenvalue weighted by Crippen LogP contribution is -2.60. The van der Waals surface area contributed by atoms with Gasteiger partial charge in [-0.25, -0.2) is 0 Å². The number of hydrogen-bond donors (Lipinski definition) is 1. The Bertz CT molecular complexity index is 638. The number of fused-ring (bicyclic) bond motifs is 1. The third-order valence-corrected chi connectivity index (χ3v) is 6.19. The fourth-order valence-corrected chi connectivity index (χ4v) is 4.51. The van der Waals surface area contributed by atoms with E-state index in [1.54, 1.807) is 0 Å². The number of carbonyl (C=O) groups excluding carboxylic acids is 2. The molecule has 0 bridgehead atoms. The Labute approximate surface area is 151 Å². The summed E-state index contributed by atoms with van der Waals surface area (Å²) >= 11 is 0. The number of rotatable bonds is 4. The molecule has 25 heavy (non-hydrogen) atoms. The van der Waals surface area contributed by atoms with Gasteiger partial charge in [0.05, 0.1) is 5.41 Å². The first-order valence-electron chi connectivity index (χ1n) is 9.57. The van der Waals surface area contributed by atoms with Crippen LogP contribution in [0.2, 0.25) is 0 Å². The summed E-state index contributed by atoms with van der Waals surface area (Å²) in [4.78, 5) is 27.0. The summed E-state index contributed by atoms with van der Waals surface area (Å²) in [5.74, 6) is 0.824. The average Bonchev–Trinajstić information content (AvgIpc) is 2.63. The molecule has 0 spiro atoms. The summed E-state index contributed by atoms with van der Waals surface area (Å²) in [5, 5.41) is 3.17. The van der Waals surface area contributed by atoms with Crippen LogP contribution in [-0.4, -0.2) is 29.8 Å². The van der Waals surface area contributed by atoms with Crippen molar-refractivity contribution in [2.75, 3.05) is 7.05 Å². The van der Waals surface area contributed by atoms with Crippen LogP contribution in [0.25, 0.3) is 0 Å². The number of carbonyl (C=O) groups is 2. The van der Waals surface area contributed by atoms with E-state index in [0.29, 0.717) is 25.3 Å². The first-order chi connectivity index (χ1) is 11.9. The van der Waals surface area contributed by atoms with Crippen molar-refractivity contribution in [2.24, 2.45) is 5.41 Å². The van der Waals surface area contributed by atoms with Crippen molar-refractivity contribution in [2.45, 2.75) is 70.9 Å². The van der Waals surface area contributed by atoms with E-state index in [1.807, 2.05) is 11.9 Å². The highest BCUT2D eigenvalue weighted by molar-refractivity contribution is 5.87. The van der Waals surface area contributed by atoms with Crippen molar-refractivity contribution in [1.82, 2.24) is 10.2 Å². The third-order valence-electron chi connectivity index (χ3n) is 6.19. The molecule has 2 atom stereocenters. The Kier molecular flexibility index (Phi) is 5.16. The Morgan fingerprint density at radius 3 is 2.64 bits per heavy atom. The van der Waals surface area contributed by atoms with Crippen LogP contribution in [0.5, 0.6) is 0 Å². The lowest BCUT2D eigenvalue weighted by molar-refractivity contribution is -0.153. The van der Waals surface area contributed by atoms with Crippen LogP contribution in [0.3, 0.4) is 0 Å². The normalized spacial score (nSPS) is 26.5. The van der Waals surface area contributed by atoms with Gasteiger partial charge in [0, 0.05) is 26.1 Å². The third kappa shape index (κ3) is 3.44. The van der Waals surface area contributed by atoms with Crippen molar-refractivity contribution >= 4 is 11.8 Å². The highest BCUT2D eigenvalue weighted by Crippen LogP contribution is 2.46. The van der Waals surface area contributed by atoms with Gasteiger partial charge in [-0.05, 0) is 36.3 Å². The molecular weight excluding hydrogens is 312 g/mol. The van der Waals surface area contributed by atoms with Crippen LogP contribution in [-0.2, 0) is 16.1 Å². The molecule has 136 valence electrons. The van der Waals surface area contributed by atoms with E-state index in [9.17, 15) is 9.59 Å². The van der Waals surface area contributed by atoms with Crippen LogP contribution in [0, 0.1) is 5.41 Å². The first kappa shape index (κ1) is 18.0. The molecule has 1 aromatic carbocycles. The zero-order valence-electron chi connectivity index (χ0n) is 15.7. The van der Waals surface area contributed by atoms with E-state index in [1.165, 1.54) is 5.56 Å². The fraction of sp³-hybridized carbons (Fsp3) is 0.619. The molecule has 1 heterocycles. The molecule has 2 fully saturated rings. The van der Waals surface area contributed by atoms with Gasteiger partial charge < -0.3 is 10.2 Å². The van der Waals surface area contributed by atoms with Crippen molar-refractivity contribution in [1.29, 1.82) is 0 Å². The molecule has 2 amide bonds. The summed E-state index contributed by atoms with van der Waals surface area (Å²) in [6, 6.07) is 8.54. The minimum absolute atomic E-state index is 0.0609. The maximum atomic E-state index is 13.1. The quantitative estimate of drug-likeness (QED) is 0.909. The Balaban J connectivity index is 1.69. The zero-order chi connectivity index (χ0) is 18.0. The Morgan fingerprint density at radius 1 is 1.24 bits per heavy atom. The summed E-state index contributed by atoms with van der Waals surface area (Å²) in [5.41, 5.74) is 2.05. The van der Waals surface area contributed by atoms with E-state index >= 15 is 0 Å². The molecule has 4 nitrogen and oxygen atoms in total. The van der Waals surface area contributed by atoms with E-state index < -0.39 is 5.41 Å². The minimum Gasteiger partial charge on any atom is -0.351 e. The molecule has 1 saturated carbocycles. The Hall–Kier alpha value is -1.84. The second-order valence-electron chi connectivity index (χ2n) is 8.00. The molecule has 1 N–H and O–H groups in total. The maximum Gasteiger partial charge on any atom is 0.228 e. The zero-order valence-corrected chi connectivity index (χ0v) is 15.7. The van der Waals surface area contributed by atoms with Crippen molar-refractivity contribution in [3.8, 4) is 0 Å².